The predicted octanol–water partition coefficient (Wildman–Crippen LogP) is 4.00. The van der Waals surface area contributed by atoms with Gasteiger partial charge in [-0.25, -0.2) is 15.0 Å². The van der Waals surface area contributed by atoms with Crippen LogP contribution in [-0.2, 0) is 4.74 Å². The maximum absolute atomic E-state index is 5.58. The van der Waals surface area contributed by atoms with Crippen LogP contribution in [0.25, 0.3) is 11.0 Å². The molecule has 8 heteroatoms. The van der Waals surface area contributed by atoms with Crippen molar-refractivity contribution in [2.45, 2.75) is 64.1 Å². The number of hydrogen-bond acceptors (Lipinski definition) is 7. The Labute approximate surface area is 195 Å². The van der Waals surface area contributed by atoms with Crippen molar-refractivity contribution in [1.82, 2.24) is 25.3 Å². The van der Waals surface area contributed by atoms with Gasteiger partial charge in [0.2, 0.25) is 0 Å². The van der Waals surface area contributed by atoms with Crippen molar-refractivity contribution in [3.8, 4) is 0 Å². The number of ether oxygens (including phenoxy) is 1. The lowest BCUT2D eigenvalue weighted by Gasteiger charge is -2.37. The molecule has 0 bridgehead atoms. The lowest BCUT2D eigenvalue weighted by molar-refractivity contribution is 0.0856. The topological polar surface area (TPSA) is 91.0 Å². The van der Waals surface area contributed by atoms with Gasteiger partial charge in [0, 0.05) is 44.6 Å². The molecule has 3 atom stereocenters. The molecule has 176 valence electrons. The minimum Gasteiger partial charge on any atom is -0.381 e. The molecule has 0 spiro atoms. The largest absolute Gasteiger partial charge is 0.381 e. The van der Waals surface area contributed by atoms with Crippen molar-refractivity contribution >= 4 is 22.7 Å². The van der Waals surface area contributed by atoms with E-state index in [0.717, 1.165) is 73.9 Å². The Morgan fingerprint density at radius 3 is 2.70 bits per heavy atom. The quantitative estimate of drug-likeness (QED) is 0.524. The third-order valence-electron chi connectivity index (χ3n) is 6.88. The molecule has 8 nitrogen and oxygen atoms in total. The van der Waals surface area contributed by atoms with Crippen LogP contribution in [0.2, 0.25) is 0 Å². The molecule has 2 aliphatic heterocycles. The van der Waals surface area contributed by atoms with E-state index in [1.54, 1.807) is 6.33 Å². The third kappa shape index (κ3) is 4.68. The number of aromatic amines is 1. The smallest absolute Gasteiger partial charge is 0.143 e. The molecule has 2 fully saturated rings. The second-order valence-corrected chi connectivity index (χ2v) is 9.48. The molecular weight excluding hydrogens is 414 g/mol. The van der Waals surface area contributed by atoms with Gasteiger partial charge in [0.05, 0.1) is 17.1 Å². The monoisotopic (exact) mass is 449 g/mol. The zero-order valence-electron chi connectivity index (χ0n) is 19.8. The van der Waals surface area contributed by atoms with Crippen molar-refractivity contribution in [3.05, 3.63) is 42.0 Å². The van der Waals surface area contributed by atoms with Gasteiger partial charge in [-0.15, -0.1) is 0 Å². The summed E-state index contributed by atoms with van der Waals surface area (Å²) < 4.78 is 5.58. The van der Waals surface area contributed by atoms with Crippen LogP contribution in [0.1, 0.15) is 63.3 Å². The van der Waals surface area contributed by atoms with Gasteiger partial charge in [-0.2, -0.15) is 0 Å². The van der Waals surface area contributed by atoms with Crippen LogP contribution in [0, 0.1) is 0 Å². The molecule has 0 aliphatic carbocycles. The molecule has 3 aromatic heterocycles. The number of anilines is 2. The summed E-state index contributed by atoms with van der Waals surface area (Å²) >= 11 is 0. The Bertz CT molecular complexity index is 1070. The van der Waals surface area contributed by atoms with Gasteiger partial charge in [-0.1, -0.05) is 13.0 Å². The molecule has 3 N–H and O–H groups in total. The SMILES string of the molecule is CC[C@H](Nc1ncnc2[nH]cc(C3CCOCC3)c12)c1cccc(N2C[C@@H](C)N[C@@H](C)C2)n1. The van der Waals surface area contributed by atoms with Crippen LogP contribution in [0.5, 0.6) is 0 Å². The second-order valence-electron chi connectivity index (χ2n) is 9.48. The summed E-state index contributed by atoms with van der Waals surface area (Å²) in [4.78, 5) is 20.0. The molecule has 2 saturated heterocycles. The van der Waals surface area contributed by atoms with Gasteiger partial charge in [-0.3, -0.25) is 0 Å². The van der Waals surface area contributed by atoms with Crippen molar-refractivity contribution in [1.29, 1.82) is 0 Å². The zero-order chi connectivity index (χ0) is 22.8. The van der Waals surface area contributed by atoms with E-state index in [4.69, 9.17) is 9.72 Å². The number of aromatic nitrogens is 4. The maximum atomic E-state index is 5.58. The minimum atomic E-state index is 0.0678. The lowest BCUT2D eigenvalue weighted by atomic mass is 9.92. The van der Waals surface area contributed by atoms with Crippen molar-refractivity contribution in [3.63, 3.8) is 0 Å². The summed E-state index contributed by atoms with van der Waals surface area (Å²) in [5, 5.41) is 8.41. The van der Waals surface area contributed by atoms with Gasteiger partial charge >= 0.3 is 0 Å². The van der Waals surface area contributed by atoms with Gasteiger partial charge in [0.25, 0.3) is 0 Å². The van der Waals surface area contributed by atoms with E-state index in [0.29, 0.717) is 18.0 Å². The number of fused-ring (bicyclic) bond motifs is 1. The average molecular weight is 450 g/mol. The van der Waals surface area contributed by atoms with Gasteiger partial charge in [0.1, 0.15) is 23.6 Å². The van der Waals surface area contributed by atoms with Crippen LogP contribution in [0.3, 0.4) is 0 Å². The Morgan fingerprint density at radius 1 is 1.15 bits per heavy atom. The molecule has 5 rings (SSSR count). The highest BCUT2D eigenvalue weighted by Gasteiger charge is 2.25. The van der Waals surface area contributed by atoms with Crippen LogP contribution >= 0.6 is 0 Å². The van der Waals surface area contributed by atoms with E-state index in [1.165, 1.54) is 5.56 Å². The van der Waals surface area contributed by atoms with E-state index >= 15 is 0 Å². The van der Waals surface area contributed by atoms with Crippen LogP contribution in [-0.4, -0.2) is 58.3 Å². The van der Waals surface area contributed by atoms with E-state index in [-0.39, 0.29) is 6.04 Å². The van der Waals surface area contributed by atoms with Crippen LogP contribution in [0.4, 0.5) is 11.6 Å². The first-order valence-corrected chi connectivity index (χ1v) is 12.3. The van der Waals surface area contributed by atoms with E-state index in [1.807, 2.05) is 0 Å². The normalized spacial score (nSPS) is 23.1. The zero-order valence-corrected chi connectivity index (χ0v) is 19.8. The van der Waals surface area contributed by atoms with Gasteiger partial charge < -0.3 is 25.3 Å². The molecule has 3 aromatic rings. The molecule has 0 radical (unpaired) electrons. The fourth-order valence-corrected chi connectivity index (χ4v) is 5.30. The second kappa shape index (κ2) is 9.65. The maximum Gasteiger partial charge on any atom is 0.143 e. The first kappa shape index (κ1) is 22.1. The number of rotatable bonds is 6. The number of nitrogens with zero attached hydrogens (tertiary/aromatic N) is 4. The summed E-state index contributed by atoms with van der Waals surface area (Å²) in [6, 6.07) is 7.34. The number of pyridine rings is 1. The third-order valence-corrected chi connectivity index (χ3v) is 6.88. The van der Waals surface area contributed by atoms with Crippen LogP contribution in [0.15, 0.2) is 30.7 Å². The summed E-state index contributed by atoms with van der Waals surface area (Å²) in [5.41, 5.74) is 3.22. The fourth-order valence-electron chi connectivity index (χ4n) is 5.30. The molecule has 5 heterocycles. The number of hydrogen-bond donors (Lipinski definition) is 3. The summed E-state index contributed by atoms with van der Waals surface area (Å²) in [7, 11) is 0. The van der Waals surface area contributed by atoms with E-state index < -0.39 is 0 Å². The summed E-state index contributed by atoms with van der Waals surface area (Å²) in [5.74, 6) is 2.40. The number of piperazine rings is 1. The molecule has 2 aliphatic rings. The Balaban J connectivity index is 1.42. The fraction of sp³-hybridized carbons (Fsp3) is 0.560. The first-order chi connectivity index (χ1) is 16.1. The highest BCUT2D eigenvalue weighted by atomic mass is 16.5. The summed E-state index contributed by atoms with van der Waals surface area (Å²) in [6.07, 6.45) is 6.71. The average Bonchev–Trinajstić information content (AvgIpc) is 3.28. The Kier molecular flexibility index (Phi) is 6.46. The molecule has 0 amide bonds. The lowest BCUT2D eigenvalue weighted by Crippen LogP contribution is -2.54. The number of H-pyrrole nitrogens is 1. The standard InChI is InChI=1S/C25H35N7O/c1-4-20(21-6-5-7-22(30-21)32-13-16(2)29-17(3)14-32)31-25-23-19(18-8-10-33-11-9-18)12-26-24(23)27-15-28-25/h5-7,12,15-18,20,29H,4,8-11,13-14H2,1-3H3,(H2,26,27,28,31)/t16-,17+,20-/m0/s1. The predicted molar refractivity (Wildman–Crippen MR) is 132 cm³/mol. The van der Waals surface area contributed by atoms with Gasteiger partial charge in [0.15, 0.2) is 0 Å². The Hall–Kier alpha value is -2.71. The molecule has 0 saturated carbocycles. The highest BCUT2D eigenvalue weighted by molar-refractivity contribution is 5.91. The van der Waals surface area contributed by atoms with E-state index in [2.05, 4.69) is 75.7 Å². The van der Waals surface area contributed by atoms with Crippen molar-refractivity contribution < 1.29 is 4.74 Å². The molecule has 0 aromatic carbocycles. The van der Waals surface area contributed by atoms with E-state index in [9.17, 15) is 0 Å². The summed E-state index contributed by atoms with van der Waals surface area (Å²) in [6.45, 7) is 10.2. The van der Waals surface area contributed by atoms with Crippen molar-refractivity contribution in [2.75, 3.05) is 36.5 Å². The van der Waals surface area contributed by atoms with Gasteiger partial charge in [-0.05, 0) is 56.7 Å². The molecule has 33 heavy (non-hydrogen) atoms. The Morgan fingerprint density at radius 2 is 1.94 bits per heavy atom. The minimum absolute atomic E-state index is 0.0678. The first-order valence-electron chi connectivity index (χ1n) is 12.3. The van der Waals surface area contributed by atoms with Crippen molar-refractivity contribution in [2.24, 2.45) is 0 Å². The van der Waals surface area contributed by atoms with Crippen LogP contribution < -0.4 is 15.5 Å². The molecule has 0 unspecified atom stereocenters. The highest BCUT2D eigenvalue weighted by Crippen LogP contribution is 2.36. The number of nitrogens with one attached hydrogen (secondary N) is 3. The molecular formula is C25H35N7O.